The number of pyridine rings is 1. The quantitative estimate of drug-likeness (QED) is 0.213. The number of halogens is 6. The zero-order chi connectivity index (χ0) is 28.2. The summed E-state index contributed by atoms with van der Waals surface area (Å²) in [6.07, 6.45) is -3.09. The maximum absolute atomic E-state index is 14.3. The summed E-state index contributed by atoms with van der Waals surface area (Å²) in [5.74, 6) is -6.94. The van der Waals surface area contributed by atoms with Gasteiger partial charge in [0.05, 0.1) is 17.2 Å². The highest BCUT2D eigenvalue weighted by Crippen LogP contribution is 2.48. The molecule has 3 aromatic rings. The molecule has 1 amide bonds. The molecule has 0 spiro atoms. The lowest BCUT2D eigenvalue weighted by Crippen LogP contribution is -2.34. The van der Waals surface area contributed by atoms with Crippen molar-refractivity contribution in [2.24, 2.45) is 0 Å². The summed E-state index contributed by atoms with van der Waals surface area (Å²) in [5, 5.41) is 8.48. The van der Waals surface area contributed by atoms with E-state index in [-0.39, 0.29) is 29.4 Å². The van der Waals surface area contributed by atoms with Crippen molar-refractivity contribution < 1.29 is 35.9 Å². The molecule has 1 atom stereocenters. The fourth-order valence-electron chi connectivity index (χ4n) is 3.98. The first-order valence-electron chi connectivity index (χ1n) is 11.9. The number of nitrogens with zero attached hydrogens (tertiary/aromatic N) is 1. The molecule has 0 bridgehead atoms. The summed E-state index contributed by atoms with van der Waals surface area (Å²) in [4.78, 5) is 17.2. The van der Waals surface area contributed by atoms with Gasteiger partial charge in [0.1, 0.15) is 23.1 Å². The second kappa shape index (κ2) is 11.4. The Morgan fingerprint density at radius 1 is 1.10 bits per heavy atom. The number of carbonyl (C=O) groups excluding carboxylic acids is 1. The third-order valence-electron chi connectivity index (χ3n) is 6.05. The van der Waals surface area contributed by atoms with E-state index in [4.69, 9.17) is 4.74 Å². The first kappa shape index (κ1) is 28.0. The molecule has 12 heteroatoms. The fraction of sp³-hybridized carbons (Fsp3) is 0.259. The Morgan fingerprint density at radius 3 is 2.51 bits per heavy atom. The van der Waals surface area contributed by atoms with Crippen LogP contribution in [-0.4, -0.2) is 29.7 Å². The number of nitrogens with one attached hydrogen (secondary N) is 3. The van der Waals surface area contributed by atoms with Crippen LogP contribution in [0.25, 0.3) is 0 Å². The average molecular weight is 551 g/mol. The molecule has 0 aliphatic carbocycles. The number of rotatable bonds is 9. The minimum absolute atomic E-state index is 0.0188. The maximum atomic E-state index is 14.3. The molecular formula is C27H24F6N4O2. The molecule has 1 aromatic heterocycles. The van der Waals surface area contributed by atoms with Gasteiger partial charge in [-0.05, 0) is 61.3 Å². The molecular weight excluding hydrogens is 526 g/mol. The molecule has 0 radical (unpaired) electrons. The van der Waals surface area contributed by atoms with Gasteiger partial charge in [-0.25, -0.2) is 9.37 Å². The number of carbonyl (C=O) groups is 1. The lowest BCUT2D eigenvalue weighted by molar-refractivity contribution is -0.289. The van der Waals surface area contributed by atoms with E-state index in [0.717, 1.165) is 18.6 Å². The predicted molar refractivity (Wildman–Crippen MR) is 133 cm³/mol. The van der Waals surface area contributed by atoms with E-state index in [1.807, 2.05) is 0 Å². The molecule has 2 heterocycles. The summed E-state index contributed by atoms with van der Waals surface area (Å²) < 4.78 is 86.8. The Kier molecular flexibility index (Phi) is 8.14. The topological polar surface area (TPSA) is 75.3 Å². The van der Waals surface area contributed by atoms with E-state index in [2.05, 4.69) is 27.5 Å². The standard InChI is InChI=1S/C27H24F6N4O2/c1-16(22-5-3-12-34-22)39-23-14-19(10-11-21(23)26(29,30)27(31,32)33)37-25(38)20-4-2-13-35-24(20)36-15-17-6-8-18(28)9-7-17/h2,4,6-11,13-14,22,34H,1,3,5,12,15H2,(H,35,36)(H,37,38)/t22-/m1/s1. The van der Waals surface area contributed by atoms with E-state index in [9.17, 15) is 31.1 Å². The van der Waals surface area contributed by atoms with E-state index in [1.54, 1.807) is 12.1 Å². The molecule has 2 aromatic carbocycles. The van der Waals surface area contributed by atoms with Crippen LogP contribution >= 0.6 is 0 Å². The van der Waals surface area contributed by atoms with Crippen LogP contribution in [0.1, 0.15) is 34.3 Å². The highest BCUT2D eigenvalue weighted by Gasteiger charge is 2.60. The maximum Gasteiger partial charge on any atom is 0.458 e. The summed E-state index contributed by atoms with van der Waals surface area (Å²) in [5.41, 5.74) is -0.702. The zero-order valence-electron chi connectivity index (χ0n) is 20.4. The molecule has 1 aliphatic rings. The third-order valence-corrected chi connectivity index (χ3v) is 6.05. The first-order chi connectivity index (χ1) is 18.5. The van der Waals surface area contributed by atoms with Crippen molar-refractivity contribution in [1.29, 1.82) is 0 Å². The smallest absolute Gasteiger partial charge is 0.458 e. The second-order valence-corrected chi connectivity index (χ2v) is 8.83. The Labute approximate surface area is 220 Å². The lowest BCUT2D eigenvalue weighted by Gasteiger charge is -2.24. The van der Waals surface area contributed by atoms with Gasteiger partial charge in [-0.1, -0.05) is 18.7 Å². The average Bonchev–Trinajstić information content (AvgIpc) is 3.43. The van der Waals surface area contributed by atoms with Crippen LogP contribution in [0, 0.1) is 5.82 Å². The van der Waals surface area contributed by atoms with Gasteiger partial charge in [0, 0.05) is 24.5 Å². The summed E-state index contributed by atoms with van der Waals surface area (Å²) >= 11 is 0. The molecule has 0 unspecified atom stereocenters. The van der Waals surface area contributed by atoms with Crippen LogP contribution in [0.4, 0.5) is 37.8 Å². The van der Waals surface area contributed by atoms with E-state index in [0.29, 0.717) is 24.6 Å². The third kappa shape index (κ3) is 6.51. The van der Waals surface area contributed by atoms with Crippen LogP contribution in [0.15, 0.2) is 73.1 Å². The monoisotopic (exact) mass is 550 g/mol. The Morgan fingerprint density at radius 2 is 1.85 bits per heavy atom. The van der Waals surface area contributed by atoms with Crippen molar-refractivity contribution >= 4 is 17.4 Å². The van der Waals surface area contributed by atoms with Crippen LogP contribution < -0.4 is 20.7 Å². The Balaban J connectivity index is 1.57. The summed E-state index contributed by atoms with van der Waals surface area (Å²) in [6.45, 7) is 4.52. The van der Waals surface area contributed by atoms with Crippen molar-refractivity contribution in [3.8, 4) is 5.75 Å². The number of benzene rings is 2. The number of hydrogen-bond donors (Lipinski definition) is 3. The molecule has 3 N–H and O–H groups in total. The van der Waals surface area contributed by atoms with E-state index in [1.165, 1.54) is 30.5 Å². The predicted octanol–water partition coefficient (Wildman–Crippen LogP) is 6.38. The van der Waals surface area contributed by atoms with Crippen LogP contribution in [0.2, 0.25) is 0 Å². The van der Waals surface area contributed by atoms with Crippen molar-refractivity contribution in [1.82, 2.24) is 10.3 Å². The number of hydrogen-bond acceptors (Lipinski definition) is 5. The summed E-state index contributed by atoms with van der Waals surface area (Å²) in [6, 6.07) is 10.6. The SMILES string of the molecule is C=C(Oc1cc(NC(=O)c2cccnc2NCc2ccc(F)cc2)ccc1C(F)(F)C(F)(F)F)[C@H]1CCCN1. The highest BCUT2D eigenvalue weighted by molar-refractivity contribution is 6.07. The van der Waals surface area contributed by atoms with E-state index < -0.39 is 41.2 Å². The van der Waals surface area contributed by atoms with Gasteiger partial charge in [-0.3, -0.25) is 4.79 Å². The van der Waals surface area contributed by atoms with Gasteiger partial charge in [0.25, 0.3) is 5.91 Å². The van der Waals surface area contributed by atoms with E-state index >= 15 is 0 Å². The molecule has 1 saturated heterocycles. The Hall–Kier alpha value is -4.06. The number of amides is 1. The molecule has 1 fully saturated rings. The number of aromatic nitrogens is 1. The van der Waals surface area contributed by atoms with Crippen molar-refractivity contribution in [3.63, 3.8) is 0 Å². The van der Waals surface area contributed by atoms with Crippen LogP contribution in [0.5, 0.6) is 5.75 Å². The van der Waals surface area contributed by atoms with Crippen LogP contribution in [0.3, 0.4) is 0 Å². The molecule has 4 rings (SSSR count). The lowest BCUT2D eigenvalue weighted by atomic mass is 10.1. The number of alkyl halides is 5. The highest BCUT2D eigenvalue weighted by atomic mass is 19.4. The normalized spacial score (nSPS) is 15.6. The van der Waals surface area contributed by atoms with Gasteiger partial charge >= 0.3 is 12.1 Å². The van der Waals surface area contributed by atoms with Gasteiger partial charge in [-0.2, -0.15) is 22.0 Å². The minimum atomic E-state index is -5.87. The largest absolute Gasteiger partial charge is 0.460 e. The minimum Gasteiger partial charge on any atom is -0.460 e. The molecule has 0 saturated carbocycles. The van der Waals surface area contributed by atoms with Gasteiger partial charge in [0.15, 0.2) is 0 Å². The van der Waals surface area contributed by atoms with Gasteiger partial charge in [-0.15, -0.1) is 0 Å². The van der Waals surface area contributed by atoms with Crippen LogP contribution in [-0.2, 0) is 12.5 Å². The number of anilines is 2. The first-order valence-corrected chi connectivity index (χ1v) is 11.9. The fourth-order valence-corrected chi connectivity index (χ4v) is 3.98. The zero-order valence-corrected chi connectivity index (χ0v) is 20.4. The second-order valence-electron chi connectivity index (χ2n) is 8.83. The molecule has 206 valence electrons. The van der Waals surface area contributed by atoms with Gasteiger partial charge in [0.2, 0.25) is 0 Å². The van der Waals surface area contributed by atoms with Crippen molar-refractivity contribution in [3.05, 3.63) is 95.6 Å². The summed E-state index contributed by atoms with van der Waals surface area (Å²) in [7, 11) is 0. The van der Waals surface area contributed by atoms with Gasteiger partial charge < -0.3 is 20.7 Å². The molecule has 6 nitrogen and oxygen atoms in total. The Bertz CT molecular complexity index is 1340. The molecule has 1 aliphatic heterocycles. The van der Waals surface area contributed by atoms with Crippen molar-refractivity contribution in [2.45, 2.75) is 37.5 Å². The molecule has 39 heavy (non-hydrogen) atoms. The van der Waals surface area contributed by atoms with Crippen molar-refractivity contribution in [2.75, 3.05) is 17.2 Å². The number of ether oxygens (including phenoxy) is 1.